The normalized spacial score (nSPS) is 19.1. The smallest absolute Gasteiger partial charge is 0.238 e. The zero-order chi connectivity index (χ0) is 13.8. The van der Waals surface area contributed by atoms with E-state index in [1.807, 2.05) is 11.0 Å². The summed E-state index contributed by atoms with van der Waals surface area (Å²) >= 11 is 5.89. The number of nitriles is 1. The van der Waals surface area contributed by atoms with Gasteiger partial charge in [-0.25, -0.2) is 0 Å². The highest BCUT2D eigenvalue weighted by Crippen LogP contribution is 2.20. The number of hydrogen-bond donors (Lipinski definition) is 2. The summed E-state index contributed by atoms with van der Waals surface area (Å²) in [5.41, 5.74) is 0.941. The molecule has 0 aromatic heterocycles. The Morgan fingerprint density at radius 2 is 2.42 bits per heavy atom. The molecule has 1 unspecified atom stereocenters. The number of nitrogens with zero attached hydrogens (tertiary/aromatic N) is 2. The van der Waals surface area contributed by atoms with Crippen LogP contribution in [0.15, 0.2) is 18.2 Å². The van der Waals surface area contributed by atoms with E-state index in [2.05, 4.69) is 5.32 Å². The van der Waals surface area contributed by atoms with Gasteiger partial charge in [-0.1, -0.05) is 11.6 Å². The summed E-state index contributed by atoms with van der Waals surface area (Å²) in [6.07, 6.45) is 0.368. The Bertz CT molecular complexity index is 527. The molecule has 1 saturated heterocycles. The molecule has 1 fully saturated rings. The van der Waals surface area contributed by atoms with Crippen LogP contribution < -0.4 is 5.32 Å². The first-order valence-electron chi connectivity index (χ1n) is 5.98. The van der Waals surface area contributed by atoms with Crippen LogP contribution in [0.2, 0.25) is 5.02 Å². The van der Waals surface area contributed by atoms with E-state index < -0.39 is 0 Å². The molecule has 19 heavy (non-hydrogen) atoms. The van der Waals surface area contributed by atoms with Crippen molar-refractivity contribution >= 4 is 23.2 Å². The number of β-amino-alcohol motifs (C(OH)–C–C–N with tert-alkyl or cyclic N) is 1. The number of likely N-dealkylation sites (tertiary alicyclic amines) is 1. The van der Waals surface area contributed by atoms with Gasteiger partial charge in [-0.2, -0.15) is 5.26 Å². The molecule has 1 aliphatic rings. The summed E-state index contributed by atoms with van der Waals surface area (Å²) in [6, 6.07) is 6.72. The van der Waals surface area contributed by atoms with Crippen molar-refractivity contribution in [2.24, 2.45) is 0 Å². The van der Waals surface area contributed by atoms with Gasteiger partial charge in [0.2, 0.25) is 5.91 Å². The lowest BCUT2D eigenvalue weighted by Gasteiger charge is -2.14. The lowest BCUT2D eigenvalue weighted by molar-refractivity contribution is -0.117. The quantitative estimate of drug-likeness (QED) is 0.872. The predicted octanol–water partition coefficient (Wildman–Crippen LogP) is 1.22. The minimum atomic E-state index is -0.336. The zero-order valence-electron chi connectivity index (χ0n) is 10.3. The average Bonchev–Trinajstić information content (AvgIpc) is 2.74. The van der Waals surface area contributed by atoms with Crippen LogP contribution in [-0.4, -0.2) is 41.7 Å². The van der Waals surface area contributed by atoms with E-state index in [1.54, 1.807) is 18.2 Å². The van der Waals surface area contributed by atoms with Gasteiger partial charge in [0, 0.05) is 18.8 Å². The van der Waals surface area contributed by atoms with Gasteiger partial charge < -0.3 is 10.4 Å². The molecule has 1 atom stereocenters. The fourth-order valence-electron chi connectivity index (χ4n) is 2.04. The first-order valence-corrected chi connectivity index (χ1v) is 6.36. The second kappa shape index (κ2) is 6.02. The van der Waals surface area contributed by atoms with Gasteiger partial charge in [-0.05, 0) is 24.6 Å². The van der Waals surface area contributed by atoms with Gasteiger partial charge >= 0.3 is 0 Å². The summed E-state index contributed by atoms with van der Waals surface area (Å²) in [6.45, 7) is 1.50. The second-order valence-corrected chi connectivity index (χ2v) is 4.94. The standard InChI is InChI=1S/C13H14ClN3O2/c14-12-5-10(2-1-9(12)6-15)16-13(19)8-17-4-3-11(18)7-17/h1-2,5,11,18H,3-4,7-8H2,(H,16,19). The molecule has 0 saturated carbocycles. The van der Waals surface area contributed by atoms with E-state index in [1.165, 1.54) is 0 Å². The molecule has 1 aromatic rings. The van der Waals surface area contributed by atoms with Gasteiger partial charge in [0.15, 0.2) is 0 Å². The van der Waals surface area contributed by atoms with Gasteiger partial charge in [0.1, 0.15) is 6.07 Å². The Hall–Kier alpha value is -1.61. The fraction of sp³-hybridized carbons (Fsp3) is 0.385. The Kier molecular flexibility index (Phi) is 4.38. The fourth-order valence-corrected chi connectivity index (χ4v) is 2.27. The van der Waals surface area contributed by atoms with Crippen molar-refractivity contribution in [3.63, 3.8) is 0 Å². The van der Waals surface area contributed by atoms with Crippen LogP contribution >= 0.6 is 11.6 Å². The van der Waals surface area contributed by atoms with E-state index in [4.69, 9.17) is 16.9 Å². The number of rotatable bonds is 3. The Balaban J connectivity index is 1.92. The number of amides is 1. The largest absolute Gasteiger partial charge is 0.392 e. The third-order valence-corrected chi connectivity index (χ3v) is 3.30. The zero-order valence-corrected chi connectivity index (χ0v) is 11.0. The molecule has 0 spiro atoms. The number of aliphatic hydroxyl groups is 1. The van der Waals surface area contributed by atoms with Crippen molar-refractivity contribution in [3.8, 4) is 6.07 Å². The topological polar surface area (TPSA) is 76.4 Å². The molecular weight excluding hydrogens is 266 g/mol. The Morgan fingerprint density at radius 1 is 1.63 bits per heavy atom. The predicted molar refractivity (Wildman–Crippen MR) is 71.9 cm³/mol. The summed E-state index contributed by atoms with van der Waals surface area (Å²) in [7, 11) is 0. The average molecular weight is 280 g/mol. The highest BCUT2D eigenvalue weighted by atomic mass is 35.5. The highest BCUT2D eigenvalue weighted by molar-refractivity contribution is 6.32. The monoisotopic (exact) mass is 279 g/mol. The van der Waals surface area contributed by atoms with E-state index in [0.29, 0.717) is 29.2 Å². The second-order valence-electron chi connectivity index (χ2n) is 4.53. The molecule has 0 bridgehead atoms. The number of nitrogens with one attached hydrogen (secondary N) is 1. The summed E-state index contributed by atoms with van der Waals surface area (Å²) in [5.74, 6) is -0.158. The number of benzene rings is 1. The number of aliphatic hydroxyl groups excluding tert-OH is 1. The lowest BCUT2D eigenvalue weighted by atomic mass is 10.2. The van der Waals surface area contributed by atoms with E-state index in [0.717, 1.165) is 6.54 Å². The molecular formula is C13H14ClN3O2. The van der Waals surface area contributed by atoms with Crippen molar-refractivity contribution in [1.82, 2.24) is 4.90 Å². The maximum Gasteiger partial charge on any atom is 0.238 e. The number of halogens is 1. The van der Waals surface area contributed by atoms with Gasteiger partial charge in [0.25, 0.3) is 0 Å². The van der Waals surface area contributed by atoms with E-state index in [9.17, 15) is 9.90 Å². The summed E-state index contributed by atoms with van der Waals surface area (Å²) < 4.78 is 0. The molecule has 1 heterocycles. The van der Waals surface area contributed by atoms with Crippen LogP contribution in [0.25, 0.3) is 0 Å². The minimum Gasteiger partial charge on any atom is -0.392 e. The highest BCUT2D eigenvalue weighted by Gasteiger charge is 2.21. The molecule has 0 aliphatic carbocycles. The maximum atomic E-state index is 11.8. The molecule has 1 aliphatic heterocycles. The third kappa shape index (κ3) is 3.67. The SMILES string of the molecule is N#Cc1ccc(NC(=O)CN2CCC(O)C2)cc1Cl. The molecule has 1 aromatic carbocycles. The van der Waals surface area contributed by atoms with Crippen LogP contribution in [0.5, 0.6) is 0 Å². The summed E-state index contributed by atoms with van der Waals surface area (Å²) in [4.78, 5) is 13.7. The molecule has 2 N–H and O–H groups in total. The lowest BCUT2D eigenvalue weighted by Crippen LogP contribution is -2.32. The van der Waals surface area contributed by atoms with Gasteiger partial charge in [0.05, 0.1) is 23.2 Å². The van der Waals surface area contributed by atoms with Crippen LogP contribution in [-0.2, 0) is 4.79 Å². The minimum absolute atomic E-state index is 0.158. The van der Waals surface area contributed by atoms with Crippen molar-refractivity contribution in [3.05, 3.63) is 28.8 Å². The van der Waals surface area contributed by atoms with Crippen LogP contribution in [0, 0.1) is 11.3 Å². The summed E-state index contributed by atoms with van der Waals surface area (Å²) in [5, 5.41) is 21.2. The van der Waals surface area contributed by atoms with Gasteiger partial charge in [-0.15, -0.1) is 0 Å². The molecule has 100 valence electrons. The van der Waals surface area contributed by atoms with Gasteiger partial charge in [-0.3, -0.25) is 9.69 Å². The van der Waals surface area contributed by atoms with Crippen LogP contribution in [0.4, 0.5) is 5.69 Å². The molecule has 2 rings (SSSR count). The van der Waals surface area contributed by atoms with Crippen molar-refractivity contribution in [2.45, 2.75) is 12.5 Å². The van der Waals surface area contributed by atoms with E-state index >= 15 is 0 Å². The molecule has 1 amide bonds. The molecule has 5 nitrogen and oxygen atoms in total. The Labute approximate surface area is 116 Å². The number of carbonyl (C=O) groups excluding carboxylic acids is 1. The van der Waals surface area contributed by atoms with Crippen molar-refractivity contribution in [1.29, 1.82) is 5.26 Å². The van der Waals surface area contributed by atoms with Crippen LogP contribution in [0.1, 0.15) is 12.0 Å². The van der Waals surface area contributed by atoms with E-state index in [-0.39, 0.29) is 18.6 Å². The third-order valence-electron chi connectivity index (χ3n) is 2.99. The maximum absolute atomic E-state index is 11.8. The molecule has 6 heteroatoms. The van der Waals surface area contributed by atoms with Crippen molar-refractivity contribution < 1.29 is 9.90 Å². The molecule has 0 radical (unpaired) electrons. The Morgan fingerprint density at radius 3 is 3.00 bits per heavy atom. The number of carbonyl (C=O) groups is 1. The van der Waals surface area contributed by atoms with Crippen molar-refractivity contribution in [2.75, 3.05) is 25.0 Å². The number of anilines is 1. The van der Waals surface area contributed by atoms with Crippen LogP contribution in [0.3, 0.4) is 0 Å². The number of hydrogen-bond acceptors (Lipinski definition) is 4. The first-order chi connectivity index (χ1) is 9.08. The first kappa shape index (κ1) is 13.8.